The highest BCUT2D eigenvalue weighted by atomic mass is 32.1. The number of carboxylic acid groups (broad SMARTS) is 1. The smallest absolute Gasteiger partial charge is 0.346 e. The summed E-state index contributed by atoms with van der Waals surface area (Å²) in [6, 6.07) is 11.7. The van der Waals surface area contributed by atoms with Crippen LogP contribution < -0.4 is 0 Å². The number of hydrogen-bond acceptors (Lipinski definition) is 3. The molecule has 2 rings (SSSR count). The summed E-state index contributed by atoms with van der Waals surface area (Å²) in [4.78, 5) is 11.3. The van der Waals surface area contributed by atoms with E-state index in [0.717, 1.165) is 11.1 Å². The van der Waals surface area contributed by atoms with Gasteiger partial charge in [0, 0.05) is 5.56 Å². The van der Waals surface area contributed by atoms with E-state index in [2.05, 4.69) is 0 Å². The van der Waals surface area contributed by atoms with Crippen LogP contribution in [0.25, 0.3) is 0 Å². The number of hydrogen-bond donors (Lipinski definition) is 1. The molecule has 2 aromatic rings. The summed E-state index contributed by atoms with van der Waals surface area (Å²) in [5, 5.41) is 10.8. The molecule has 0 spiro atoms. The molecule has 0 saturated heterocycles. The molecule has 1 aromatic heterocycles. The van der Waals surface area contributed by atoms with Crippen LogP contribution in [0, 0.1) is 0 Å². The van der Waals surface area contributed by atoms with Crippen LogP contribution >= 0.6 is 11.3 Å². The van der Waals surface area contributed by atoms with E-state index in [0.29, 0.717) is 11.5 Å². The van der Waals surface area contributed by atoms with E-state index in [1.165, 1.54) is 11.3 Å². The molecule has 0 aliphatic heterocycles. The summed E-state index contributed by atoms with van der Waals surface area (Å²) in [5.74, 6) is -0.893. The lowest BCUT2D eigenvalue weighted by molar-refractivity contribution is 0.0507. The van der Waals surface area contributed by atoms with Crippen molar-refractivity contribution in [2.24, 2.45) is 0 Å². The SMILES string of the molecule is CC(OCc1ccsc1C(=O)O)c1ccccc1. The molecular formula is C14H14O3S. The average molecular weight is 262 g/mol. The monoisotopic (exact) mass is 262 g/mol. The Labute approximate surface area is 110 Å². The van der Waals surface area contributed by atoms with Gasteiger partial charge in [0.15, 0.2) is 0 Å². The molecule has 18 heavy (non-hydrogen) atoms. The Kier molecular flexibility index (Phi) is 4.12. The average Bonchev–Trinajstić information content (AvgIpc) is 2.85. The Bertz CT molecular complexity index is 519. The highest BCUT2D eigenvalue weighted by Crippen LogP contribution is 2.22. The molecule has 4 heteroatoms. The second-order valence-corrected chi connectivity index (χ2v) is 4.86. The second kappa shape index (κ2) is 5.80. The molecule has 0 bridgehead atoms. The van der Waals surface area contributed by atoms with Gasteiger partial charge in [-0.2, -0.15) is 0 Å². The van der Waals surface area contributed by atoms with Gasteiger partial charge in [-0.05, 0) is 23.9 Å². The number of thiophene rings is 1. The predicted octanol–water partition coefficient (Wildman–Crippen LogP) is 3.72. The number of rotatable bonds is 5. The fourth-order valence-corrected chi connectivity index (χ4v) is 2.42. The van der Waals surface area contributed by atoms with Crippen LogP contribution in [0.3, 0.4) is 0 Å². The molecule has 1 aromatic carbocycles. The standard InChI is InChI=1S/C14H14O3S/c1-10(11-5-3-2-4-6-11)17-9-12-7-8-18-13(12)14(15)16/h2-8,10H,9H2,1H3,(H,15,16). The van der Waals surface area contributed by atoms with Crippen molar-refractivity contribution >= 4 is 17.3 Å². The molecule has 0 radical (unpaired) electrons. The lowest BCUT2D eigenvalue weighted by Gasteiger charge is -2.13. The van der Waals surface area contributed by atoms with Gasteiger partial charge in [-0.15, -0.1) is 11.3 Å². The lowest BCUT2D eigenvalue weighted by Crippen LogP contribution is -2.03. The van der Waals surface area contributed by atoms with Gasteiger partial charge in [0.05, 0.1) is 12.7 Å². The molecule has 0 aliphatic rings. The third-order valence-electron chi connectivity index (χ3n) is 2.70. The van der Waals surface area contributed by atoms with E-state index in [1.54, 1.807) is 11.4 Å². The fourth-order valence-electron chi connectivity index (χ4n) is 1.67. The zero-order valence-corrected chi connectivity index (χ0v) is 10.8. The van der Waals surface area contributed by atoms with E-state index >= 15 is 0 Å². The Balaban J connectivity index is 1.99. The Hall–Kier alpha value is -1.65. The highest BCUT2D eigenvalue weighted by Gasteiger charge is 2.13. The minimum atomic E-state index is -0.893. The van der Waals surface area contributed by atoms with Crippen molar-refractivity contribution in [2.45, 2.75) is 19.6 Å². The highest BCUT2D eigenvalue weighted by molar-refractivity contribution is 7.12. The number of benzene rings is 1. The number of carbonyl (C=O) groups is 1. The zero-order chi connectivity index (χ0) is 13.0. The maximum atomic E-state index is 11.0. The third kappa shape index (κ3) is 2.97. The van der Waals surface area contributed by atoms with Crippen molar-refractivity contribution in [2.75, 3.05) is 0 Å². The van der Waals surface area contributed by atoms with Crippen LogP contribution in [-0.4, -0.2) is 11.1 Å². The van der Waals surface area contributed by atoms with Gasteiger partial charge < -0.3 is 9.84 Å². The first-order valence-electron chi connectivity index (χ1n) is 5.64. The fraction of sp³-hybridized carbons (Fsp3) is 0.214. The summed E-state index contributed by atoms with van der Waals surface area (Å²) in [6.45, 7) is 2.28. The molecule has 94 valence electrons. The first-order chi connectivity index (χ1) is 8.68. The van der Waals surface area contributed by atoms with Crippen LogP contribution in [0.1, 0.15) is 33.8 Å². The maximum absolute atomic E-state index is 11.0. The molecule has 0 aliphatic carbocycles. The van der Waals surface area contributed by atoms with Crippen LogP contribution in [0.2, 0.25) is 0 Å². The van der Waals surface area contributed by atoms with Crippen molar-refractivity contribution < 1.29 is 14.6 Å². The zero-order valence-electron chi connectivity index (χ0n) is 10.00. The molecule has 1 heterocycles. The predicted molar refractivity (Wildman–Crippen MR) is 70.9 cm³/mol. The minimum Gasteiger partial charge on any atom is -0.477 e. The lowest BCUT2D eigenvalue weighted by atomic mass is 10.1. The largest absolute Gasteiger partial charge is 0.477 e. The van der Waals surface area contributed by atoms with Crippen LogP contribution in [0.4, 0.5) is 0 Å². The first kappa shape index (κ1) is 12.8. The molecular weight excluding hydrogens is 248 g/mol. The van der Waals surface area contributed by atoms with Crippen LogP contribution in [-0.2, 0) is 11.3 Å². The molecule has 0 fully saturated rings. The molecule has 3 nitrogen and oxygen atoms in total. The normalized spacial score (nSPS) is 12.3. The molecule has 1 N–H and O–H groups in total. The maximum Gasteiger partial charge on any atom is 0.346 e. The van der Waals surface area contributed by atoms with Crippen LogP contribution in [0.15, 0.2) is 41.8 Å². The molecule has 1 unspecified atom stereocenters. The van der Waals surface area contributed by atoms with E-state index in [-0.39, 0.29) is 6.10 Å². The summed E-state index contributed by atoms with van der Waals surface area (Å²) >= 11 is 1.23. The Morgan fingerprint density at radius 2 is 2.06 bits per heavy atom. The summed E-state index contributed by atoms with van der Waals surface area (Å²) < 4.78 is 5.71. The topological polar surface area (TPSA) is 46.5 Å². The molecule has 1 atom stereocenters. The summed E-state index contributed by atoms with van der Waals surface area (Å²) in [5.41, 5.74) is 1.82. The van der Waals surface area contributed by atoms with E-state index < -0.39 is 5.97 Å². The number of aromatic carboxylic acids is 1. The van der Waals surface area contributed by atoms with Gasteiger partial charge in [-0.3, -0.25) is 0 Å². The van der Waals surface area contributed by atoms with Gasteiger partial charge in [0.25, 0.3) is 0 Å². The van der Waals surface area contributed by atoms with Gasteiger partial charge in [0.2, 0.25) is 0 Å². The van der Waals surface area contributed by atoms with Gasteiger partial charge in [0.1, 0.15) is 4.88 Å². The molecule has 0 saturated carbocycles. The number of ether oxygens (including phenoxy) is 1. The van der Waals surface area contributed by atoms with E-state index in [4.69, 9.17) is 9.84 Å². The molecule has 0 amide bonds. The Morgan fingerprint density at radius 1 is 1.33 bits per heavy atom. The van der Waals surface area contributed by atoms with E-state index in [9.17, 15) is 4.79 Å². The minimum absolute atomic E-state index is 0.0484. The van der Waals surface area contributed by atoms with Crippen molar-refractivity contribution in [3.63, 3.8) is 0 Å². The number of carboxylic acids is 1. The van der Waals surface area contributed by atoms with Crippen molar-refractivity contribution in [3.8, 4) is 0 Å². The van der Waals surface area contributed by atoms with Crippen molar-refractivity contribution in [1.29, 1.82) is 0 Å². The van der Waals surface area contributed by atoms with Crippen LogP contribution in [0.5, 0.6) is 0 Å². The third-order valence-corrected chi connectivity index (χ3v) is 3.64. The quantitative estimate of drug-likeness (QED) is 0.893. The van der Waals surface area contributed by atoms with Crippen molar-refractivity contribution in [3.05, 3.63) is 57.8 Å². The van der Waals surface area contributed by atoms with Gasteiger partial charge in [-0.25, -0.2) is 4.79 Å². The first-order valence-corrected chi connectivity index (χ1v) is 6.52. The summed E-state index contributed by atoms with van der Waals surface area (Å²) in [6.07, 6.45) is -0.0484. The van der Waals surface area contributed by atoms with Gasteiger partial charge >= 0.3 is 5.97 Å². The van der Waals surface area contributed by atoms with Gasteiger partial charge in [-0.1, -0.05) is 30.3 Å². The Morgan fingerprint density at radius 3 is 2.72 bits per heavy atom. The second-order valence-electron chi connectivity index (χ2n) is 3.94. The van der Waals surface area contributed by atoms with E-state index in [1.807, 2.05) is 37.3 Å². The summed E-state index contributed by atoms with van der Waals surface area (Å²) in [7, 11) is 0. The van der Waals surface area contributed by atoms with Crippen molar-refractivity contribution in [1.82, 2.24) is 0 Å².